The standard InChI is InChI=1S/C12H13N3OS/c1-17-11-4-2-10(3-5-11)16-12-14-7-9(6-13)8-15-12/h2-5,7-8H,6,13H2,1H3. The van der Waals surface area contributed by atoms with Gasteiger partial charge in [-0.2, -0.15) is 0 Å². The van der Waals surface area contributed by atoms with Gasteiger partial charge in [-0.3, -0.25) is 0 Å². The van der Waals surface area contributed by atoms with Gasteiger partial charge >= 0.3 is 6.01 Å². The molecule has 4 nitrogen and oxygen atoms in total. The van der Waals surface area contributed by atoms with Crippen molar-refractivity contribution in [3.8, 4) is 11.8 Å². The summed E-state index contributed by atoms with van der Waals surface area (Å²) < 4.78 is 5.51. The van der Waals surface area contributed by atoms with Crippen LogP contribution in [0.4, 0.5) is 0 Å². The highest BCUT2D eigenvalue weighted by Gasteiger charge is 2.00. The lowest BCUT2D eigenvalue weighted by atomic mass is 10.3. The molecule has 0 radical (unpaired) electrons. The summed E-state index contributed by atoms with van der Waals surface area (Å²) in [7, 11) is 0. The lowest BCUT2D eigenvalue weighted by molar-refractivity contribution is 0.440. The molecule has 2 aromatic rings. The number of benzene rings is 1. The summed E-state index contributed by atoms with van der Waals surface area (Å²) >= 11 is 1.69. The molecule has 17 heavy (non-hydrogen) atoms. The molecule has 88 valence electrons. The van der Waals surface area contributed by atoms with Crippen molar-refractivity contribution < 1.29 is 4.74 Å². The molecule has 0 saturated carbocycles. The van der Waals surface area contributed by atoms with E-state index in [0.29, 0.717) is 12.6 Å². The number of nitrogens with two attached hydrogens (primary N) is 1. The Balaban J connectivity index is 2.08. The molecule has 0 atom stereocenters. The first-order valence-corrected chi connectivity index (χ1v) is 6.37. The molecule has 0 amide bonds. The lowest BCUT2D eigenvalue weighted by Gasteiger charge is -2.04. The van der Waals surface area contributed by atoms with Crippen LogP contribution in [0.25, 0.3) is 0 Å². The fourth-order valence-electron chi connectivity index (χ4n) is 1.25. The van der Waals surface area contributed by atoms with Crippen molar-refractivity contribution in [1.29, 1.82) is 0 Å². The summed E-state index contributed by atoms with van der Waals surface area (Å²) in [4.78, 5) is 9.33. The second-order valence-electron chi connectivity index (χ2n) is 3.36. The van der Waals surface area contributed by atoms with Gasteiger partial charge in [0.2, 0.25) is 0 Å². The predicted octanol–water partition coefficient (Wildman–Crippen LogP) is 2.45. The SMILES string of the molecule is CSc1ccc(Oc2ncc(CN)cn2)cc1. The van der Waals surface area contributed by atoms with Gasteiger partial charge in [-0.15, -0.1) is 11.8 Å². The third kappa shape index (κ3) is 3.18. The topological polar surface area (TPSA) is 61.0 Å². The van der Waals surface area contributed by atoms with E-state index in [2.05, 4.69) is 9.97 Å². The van der Waals surface area contributed by atoms with Crippen LogP contribution in [-0.2, 0) is 6.54 Å². The third-order valence-corrected chi connectivity index (χ3v) is 2.93. The molecule has 0 aliphatic heterocycles. The summed E-state index contributed by atoms with van der Waals surface area (Å²) in [6, 6.07) is 8.11. The van der Waals surface area contributed by atoms with Crippen LogP contribution in [0.15, 0.2) is 41.6 Å². The van der Waals surface area contributed by atoms with Crippen molar-refractivity contribution in [3.63, 3.8) is 0 Å². The van der Waals surface area contributed by atoms with E-state index in [1.54, 1.807) is 24.2 Å². The molecule has 1 aromatic carbocycles. The maximum Gasteiger partial charge on any atom is 0.321 e. The lowest BCUT2D eigenvalue weighted by Crippen LogP contribution is -1.99. The van der Waals surface area contributed by atoms with Crippen molar-refractivity contribution in [2.45, 2.75) is 11.4 Å². The molecule has 0 bridgehead atoms. The van der Waals surface area contributed by atoms with E-state index in [0.717, 1.165) is 11.3 Å². The number of hydrogen-bond acceptors (Lipinski definition) is 5. The maximum absolute atomic E-state index is 5.51. The molecule has 0 unspecified atom stereocenters. The Bertz CT molecular complexity index is 425. The van der Waals surface area contributed by atoms with Gasteiger partial charge in [0.15, 0.2) is 0 Å². The second kappa shape index (κ2) is 5.65. The highest BCUT2D eigenvalue weighted by atomic mass is 32.2. The van der Waals surface area contributed by atoms with E-state index in [1.165, 1.54) is 4.90 Å². The number of nitrogens with zero attached hydrogens (tertiary/aromatic N) is 2. The number of rotatable bonds is 4. The van der Waals surface area contributed by atoms with Gasteiger partial charge in [-0.25, -0.2) is 9.97 Å². The summed E-state index contributed by atoms with van der Waals surface area (Å²) in [5, 5.41) is 0. The van der Waals surface area contributed by atoms with Gasteiger partial charge in [-0.1, -0.05) is 0 Å². The van der Waals surface area contributed by atoms with E-state index >= 15 is 0 Å². The maximum atomic E-state index is 5.51. The average Bonchev–Trinajstić information content (AvgIpc) is 2.40. The van der Waals surface area contributed by atoms with E-state index in [-0.39, 0.29) is 0 Å². The molecular formula is C12H13N3OS. The number of thioether (sulfide) groups is 1. The van der Waals surface area contributed by atoms with Crippen molar-refractivity contribution >= 4 is 11.8 Å². The Kier molecular flexibility index (Phi) is 3.95. The molecule has 0 aliphatic rings. The van der Waals surface area contributed by atoms with Crippen molar-refractivity contribution in [1.82, 2.24) is 9.97 Å². The molecule has 2 rings (SSSR count). The average molecular weight is 247 g/mol. The molecule has 0 fully saturated rings. The summed E-state index contributed by atoms with van der Waals surface area (Å²) in [6.07, 6.45) is 5.36. The van der Waals surface area contributed by atoms with E-state index in [9.17, 15) is 0 Å². The first-order chi connectivity index (χ1) is 8.31. The molecule has 2 N–H and O–H groups in total. The van der Waals surface area contributed by atoms with E-state index in [4.69, 9.17) is 10.5 Å². The van der Waals surface area contributed by atoms with Gasteiger partial charge in [0.05, 0.1) is 0 Å². The van der Waals surface area contributed by atoms with Gasteiger partial charge in [-0.05, 0) is 30.5 Å². The van der Waals surface area contributed by atoms with Crippen LogP contribution in [0.2, 0.25) is 0 Å². The Labute approximate surface area is 104 Å². The van der Waals surface area contributed by atoms with Gasteiger partial charge < -0.3 is 10.5 Å². The highest BCUT2D eigenvalue weighted by Crippen LogP contribution is 2.21. The second-order valence-corrected chi connectivity index (χ2v) is 4.24. The molecule has 1 heterocycles. The zero-order chi connectivity index (χ0) is 12.1. The van der Waals surface area contributed by atoms with Crippen LogP contribution in [0, 0.1) is 0 Å². The molecular weight excluding hydrogens is 234 g/mol. The fraction of sp³-hybridized carbons (Fsp3) is 0.167. The van der Waals surface area contributed by atoms with Crippen LogP contribution in [0.3, 0.4) is 0 Å². The third-order valence-electron chi connectivity index (χ3n) is 2.19. The van der Waals surface area contributed by atoms with Crippen molar-refractivity contribution in [2.75, 3.05) is 6.26 Å². The number of hydrogen-bond donors (Lipinski definition) is 1. The summed E-state index contributed by atoms with van der Waals surface area (Å²) in [5.74, 6) is 0.725. The monoisotopic (exact) mass is 247 g/mol. The van der Waals surface area contributed by atoms with Crippen molar-refractivity contribution in [3.05, 3.63) is 42.2 Å². The molecule has 0 aliphatic carbocycles. The van der Waals surface area contributed by atoms with E-state index < -0.39 is 0 Å². The van der Waals surface area contributed by atoms with Crippen LogP contribution < -0.4 is 10.5 Å². The Morgan fingerprint density at radius 2 is 1.82 bits per heavy atom. The Morgan fingerprint density at radius 3 is 2.35 bits per heavy atom. The predicted molar refractivity (Wildman–Crippen MR) is 68.2 cm³/mol. The molecule has 5 heteroatoms. The minimum atomic E-state index is 0.333. The Morgan fingerprint density at radius 1 is 1.18 bits per heavy atom. The zero-order valence-electron chi connectivity index (χ0n) is 9.46. The van der Waals surface area contributed by atoms with Crippen LogP contribution in [-0.4, -0.2) is 16.2 Å². The van der Waals surface area contributed by atoms with Crippen LogP contribution in [0.1, 0.15) is 5.56 Å². The minimum Gasteiger partial charge on any atom is -0.424 e. The summed E-state index contributed by atoms with van der Waals surface area (Å²) in [5.41, 5.74) is 6.35. The Hall–Kier alpha value is -1.59. The molecule has 1 aromatic heterocycles. The van der Waals surface area contributed by atoms with Gasteiger partial charge in [0.25, 0.3) is 0 Å². The van der Waals surface area contributed by atoms with Crippen molar-refractivity contribution in [2.24, 2.45) is 5.73 Å². The summed E-state index contributed by atoms with van der Waals surface area (Å²) in [6.45, 7) is 0.433. The number of aromatic nitrogens is 2. The number of ether oxygens (including phenoxy) is 1. The smallest absolute Gasteiger partial charge is 0.321 e. The largest absolute Gasteiger partial charge is 0.424 e. The normalized spacial score (nSPS) is 10.2. The van der Waals surface area contributed by atoms with Crippen LogP contribution >= 0.6 is 11.8 Å². The fourth-order valence-corrected chi connectivity index (χ4v) is 1.66. The van der Waals surface area contributed by atoms with E-state index in [1.807, 2.05) is 30.5 Å². The van der Waals surface area contributed by atoms with Gasteiger partial charge in [0.1, 0.15) is 5.75 Å². The van der Waals surface area contributed by atoms with Gasteiger partial charge in [0, 0.05) is 29.4 Å². The zero-order valence-corrected chi connectivity index (χ0v) is 10.3. The first kappa shape index (κ1) is 11.9. The molecule has 0 spiro atoms. The highest BCUT2D eigenvalue weighted by molar-refractivity contribution is 7.98. The molecule has 0 saturated heterocycles. The van der Waals surface area contributed by atoms with Crippen LogP contribution in [0.5, 0.6) is 11.8 Å². The quantitative estimate of drug-likeness (QED) is 0.841. The first-order valence-electron chi connectivity index (χ1n) is 5.14. The minimum absolute atomic E-state index is 0.333.